The Balaban J connectivity index is 1.62. The fourth-order valence-electron chi connectivity index (χ4n) is 3.28. The standard InChI is InChI=1S/C20H24N2O5/c1-13(17-7-6-15(25-2)10-18(17)26-3)21-20(24)14-9-19(23)22(11-14)12-16-5-4-8-27-16/h4-8,10,13-14H,9,11-12H2,1-3H3,(H,21,24). The number of hydrogen-bond acceptors (Lipinski definition) is 5. The number of carbonyl (C=O) groups excluding carboxylic acids is 2. The zero-order valence-electron chi connectivity index (χ0n) is 15.7. The molecule has 0 saturated carbocycles. The molecule has 1 aliphatic rings. The molecular weight excluding hydrogens is 348 g/mol. The van der Waals surface area contributed by atoms with E-state index in [1.54, 1.807) is 37.5 Å². The summed E-state index contributed by atoms with van der Waals surface area (Å²) in [6, 6.07) is 8.81. The molecule has 7 heteroatoms. The maximum Gasteiger partial charge on any atom is 0.225 e. The van der Waals surface area contributed by atoms with Crippen LogP contribution in [0.3, 0.4) is 0 Å². The number of likely N-dealkylation sites (tertiary alicyclic amines) is 1. The number of amides is 2. The zero-order valence-corrected chi connectivity index (χ0v) is 15.7. The van der Waals surface area contributed by atoms with Crippen molar-refractivity contribution in [3.05, 3.63) is 47.9 Å². The van der Waals surface area contributed by atoms with Gasteiger partial charge in [-0.25, -0.2) is 0 Å². The second-order valence-electron chi connectivity index (χ2n) is 6.59. The van der Waals surface area contributed by atoms with Crippen LogP contribution in [0.2, 0.25) is 0 Å². The van der Waals surface area contributed by atoms with E-state index < -0.39 is 0 Å². The molecular formula is C20H24N2O5. The second-order valence-corrected chi connectivity index (χ2v) is 6.59. The zero-order chi connectivity index (χ0) is 19.4. The van der Waals surface area contributed by atoms with Crippen molar-refractivity contribution >= 4 is 11.8 Å². The van der Waals surface area contributed by atoms with E-state index in [4.69, 9.17) is 13.9 Å². The van der Waals surface area contributed by atoms with Crippen LogP contribution >= 0.6 is 0 Å². The molecule has 2 aromatic rings. The lowest BCUT2D eigenvalue weighted by atomic mass is 10.0. The first kappa shape index (κ1) is 18.8. The number of nitrogens with zero attached hydrogens (tertiary/aromatic N) is 1. The van der Waals surface area contributed by atoms with Crippen LogP contribution in [0.25, 0.3) is 0 Å². The van der Waals surface area contributed by atoms with E-state index in [9.17, 15) is 9.59 Å². The Morgan fingerprint density at radius 3 is 2.81 bits per heavy atom. The summed E-state index contributed by atoms with van der Waals surface area (Å²) in [7, 11) is 3.17. The van der Waals surface area contributed by atoms with Gasteiger partial charge in [-0.3, -0.25) is 9.59 Å². The lowest BCUT2D eigenvalue weighted by molar-refractivity contribution is -0.129. The van der Waals surface area contributed by atoms with Crippen LogP contribution in [0, 0.1) is 5.92 Å². The Morgan fingerprint density at radius 2 is 2.15 bits per heavy atom. The normalized spacial score (nSPS) is 17.7. The summed E-state index contributed by atoms with van der Waals surface area (Å²) < 4.78 is 15.9. The maximum atomic E-state index is 12.7. The molecule has 1 saturated heterocycles. The van der Waals surface area contributed by atoms with Crippen molar-refractivity contribution in [2.75, 3.05) is 20.8 Å². The number of furan rings is 1. The number of nitrogens with one attached hydrogen (secondary N) is 1. The predicted molar refractivity (Wildman–Crippen MR) is 98.3 cm³/mol. The summed E-state index contributed by atoms with van der Waals surface area (Å²) in [5.41, 5.74) is 0.850. The third-order valence-electron chi connectivity index (χ3n) is 4.78. The van der Waals surface area contributed by atoms with Crippen LogP contribution in [-0.2, 0) is 16.1 Å². The first-order chi connectivity index (χ1) is 13.0. The van der Waals surface area contributed by atoms with Gasteiger partial charge in [0, 0.05) is 24.6 Å². The lowest BCUT2D eigenvalue weighted by Crippen LogP contribution is -2.34. The molecule has 7 nitrogen and oxygen atoms in total. The van der Waals surface area contributed by atoms with Gasteiger partial charge < -0.3 is 24.1 Å². The SMILES string of the molecule is COc1ccc(C(C)NC(=O)C2CC(=O)N(Cc3ccco3)C2)c(OC)c1. The molecule has 2 amide bonds. The molecule has 144 valence electrons. The number of hydrogen-bond donors (Lipinski definition) is 1. The summed E-state index contributed by atoms with van der Waals surface area (Å²) in [6.07, 6.45) is 1.78. The predicted octanol–water partition coefficient (Wildman–Crippen LogP) is 2.52. The second kappa shape index (κ2) is 8.16. The van der Waals surface area contributed by atoms with Crippen LogP contribution in [0.15, 0.2) is 41.0 Å². The van der Waals surface area contributed by atoms with E-state index >= 15 is 0 Å². The van der Waals surface area contributed by atoms with E-state index in [1.165, 1.54) is 0 Å². The quantitative estimate of drug-likeness (QED) is 0.808. The van der Waals surface area contributed by atoms with Crippen molar-refractivity contribution in [2.45, 2.75) is 25.9 Å². The molecule has 0 bridgehead atoms. The van der Waals surface area contributed by atoms with E-state index in [2.05, 4.69) is 5.32 Å². The Morgan fingerprint density at radius 1 is 1.33 bits per heavy atom. The summed E-state index contributed by atoms with van der Waals surface area (Å²) in [5, 5.41) is 2.99. The molecule has 1 aromatic carbocycles. The summed E-state index contributed by atoms with van der Waals surface area (Å²) in [4.78, 5) is 26.5. The molecule has 1 aliphatic heterocycles. The number of benzene rings is 1. The average molecular weight is 372 g/mol. The van der Waals surface area contributed by atoms with Gasteiger partial charge in [-0.15, -0.1) is 0 Å². The Kier molecular flexibility index (Phi) is 5.69. The van der Waals surface area contributed by atoms with Crippen LogP contribution in [-0.4, -0.2) is 37.5 Å². The van der Waals surface area contributed by atoms with Gasteiger partial charge in [0.2, 0.25) is 11.8 Å². The Hall–Kier alpha value is -2.96. The van der Waals surface area contributed by atoms with E-state index in [0.717, 1.165) is 5.56 Å². The molecule has 0 spiro atoms. The smallest absolute Gasteiger partial charge is 0.225 e. The van der Waals surface area contributed by atoms with E-state index in [0.29, 0.717) is 30.3 Å². The third kappa shape index (κ3) is 4.24. The summed E-state index contributed by atoms with van der Waals surface area (Å²) >= 11 is 0. The monoisotopic (exact) mass is 372 g/mol. The molecule has 2 atom stereocenters. The number of carbonyl (C=O) groups is 2. The highest BCUT2D eigenvalue weighted by atomic mass is 16.5. The molecule has 0 aliphatic carbocycles. The van der Waals surface area contributed by atoms with Gasteiger partial charge in [0.1, 0.15) is 17.3 Å². The minimum atomic E-state index is -0.376. The van der Waals surface area contributed by atoms with Gasteiger partial charge >= 0.3 is 0 Å². The number of methoxy groups -OCH3 is 2. The Labute approximate surface area is 158 Å². The highest BCUT2D eigenvalue weighted by Gasteiger charge is 2.35. The average Bonchev–Trinajstić information content (AvgIpc) is 3.31. The number of ether oxygens (including phenoxy) is 2. The van der Waals surface area contributed by atoms with Crippen molar-refractivity contribution in [2.24, 2.45) is 5.92 Å². The largest absolute Gasteiger partial charge is 0.497 e. The van der Waals surface area contributed by atoms with Gasteiger partial charge in [-0.1, -0.05) is 0 Å². The van der Waals surface area contributed by atoms with E-state index in [-0.39, 0.29) is 30.2 Å². The first-order valence-electron chi connectivity index (χ1n) is 8.84. The maximum absolute atomic E-state index is 12.7. The third-order valence-corrected chi connectivity index (χ3v) is 4.78. The fourth-order valence-corrected chi connectivity index (χ4v) is 3.28. The molecule has 0 radical (unpaired) electrons. The molecule has 3 rings (SSSR count). The summed E-state index contributed by atoms with van der Waals surface area (Å²) in [6.45, 7) is 2.66. The van der Waals surface area contributed by atoms with Gasteiger partial charge in [-0.2, -0.15) is 0 Å². The van der Waals surface area contributed by atoms with Gasteiger partial charge in [0.15, 0.2) is 0 Å². The van der Waals surface area contributed by atoms with Crippen molar-refractivity contribution in [3.8, 4) is 11.5 Å². The van der Waals surface area contributed by atoms with Crippen LogP contribution < -0.4 is 14.8 Å². The molecule has 1 N–H and O–H groups in total. The highest BCUT2D eigenvalue weighted by Crippen LogP contribution is 2.30. The molecule has 2 heterocycles. The molecule has 1 fully saturated rings. The molecule has 2 unspecified atom stereocenters. The van der Waals surface area contributed by atoms with Gasteiger partial charge in [0.05, 0.1) is 39.0 Å². The fraction of sp³-hybridized carbons (Fsp3) is 0.400. The van der Waals surface area contributed by atoms with Crippen LogP contribution in [0.4, 0.5) is 0 Å². The van der Waals surface area contributed by atoms with Crippen molar-refractivity contribution < 1.29 is 23.5 Å². The number of rotatable bonds is 7. The topological polar surface area (TPSA) is 81.0 Å². The minimum Gasteiger partial charge on any atom is -0.497 e. The highest BCUT2D eigenvalue weighted by molar-refractivity contribution is 5.89. The minimum absolute atomic E-state index is 0.0405. The lowest BCUT2D eigenvalue weighted by Gasteiger charge is -2.20. The van der Waals surface area contributed by atoms with Gasteiger partial charge in [0.25, 0.3) is 0 Å². The van der Waals surface area contributed by atoms with Crippen molar-refractivity contribution in [1.29, 1.82) is 0 Å². The molecule has 27 heavy (non-hydrogen) atoms. The first-order valence-corrected chi connectivity index (χ1v) is 8.84. The van der Waals surface area contributed by atoms with Crippen LogP contribution in [0.1, 0.15) is 30.7 Å². The van der Waals surface area contributed by atoms with E-state index in [1.807, 2.05) is 25.1 Å². The van der Waals surface area contributed by atoms with Crippen LogP contribution in [0.5, 0.6) is 11.5 Å². The Bertz CT molecular complexity index is 803. The summed E-state index contributed by atoms with van der Waals surface area (Å²) in [5.74, 6) is 1.48. The van der Waals surface area contributed by atoms with Crippen molar-refractivity contribution in [1.82, 2.24) is 10.2 Å². The van der Waals surface area contributed by atoms with Crippen molar-refractivity contribution in [3.63, 3.8) is 0 Å². The van der Waals surface area contributed by atoms with Gasteiger partial charge in [-0.05, 0) is 31.2 Å². The molecule has 1 aromatic heterocycles.